The van der Waals surface area contributed by atoms with Crippen molar-refractivity contribution in [3.05, 3.63) is 74.8 Å². The first-order valence-corrected chi connectivity index (χ1v) is 12.7. The van der Waals surface area contributed by atoms with E-state index in [2.05, 4.69) is 34.3 Å². The molecule has 2 aromatic carbocycles. The van der Waals surface area contributed by atoms with Gasteiger partial charge in [-0.25, -0.2) is 0 Å². The lowest BCUT2D eigenvalue weighted by Gasteiger charge is -2.37. The molecule has 3 aromatic rings. The SMILES string of the molecule is COCCCn1c(=S)[nH]c2cc(C(=O)NCC(c3ccccc3)N3CCC(C)CC3)ccc2c1=O. The summed E-state index contributed by atoms with van der Waals surface area (Å²) in [5.74, 6) is 0.576. The van der Waals surface area contributed by atoms with Gasteiger partial charge in [-0.3, -0.25) is 19.1 Å². The van der Waals surface area contributed by atoms with Crippen LogP contribution in [0.5, 0.6) is 0 Å². The maximum absolute atomic E-state index is 13.1. The lowest BCUT2D eigenvalue weighted by molar-refractivity contribution is 0.0913. The predicted octanol–water partition coefficient (Wildman–Crippen LogP) is 4.30. The molecule has 1 aliphatic rings. The Kier molecular flexibility index (Phi) is 8.49. The van der Waals surface area contributed by atoms with Gasteiger partial charge >= 0.3 is 0 Å². The molecule has 1 unspecified atom stereocenters. The highest BCUT2D eigenvalue weighted by Crippen LogP contribution is 2.26. The van der Waals surface area contributed by atoms with Crippen LogP contribution < -0.4 is 10.9 Å². The number of carbonyl (C=O) groups is 1. The lowest BCUT2D eigenvalue weighted by atomic mass is 9.95. The second-order valence-electron chi connectivity index (χ2n) is 9.35. The molecule has 0 spiro atoms. The number of nitrogens with zero attached hydrogens (tertiary/aromatic N) is 2. The molecule has 35 heavy (non-hydrogen) atoms. The Morgan fingerprint density at radius 2 is 1.94 bits per heavy atom. The highest BCUT2D eigenvalue weighted by atomic mass is 32.1. The fourth-order valence-electron chi connectivity index (χ4n) is 4.73. The van der Waals surface area contributed by atoms with Gasteiger partial charge in [0.15, 0.2) is 4.77 Å². The molecular formula is C27H34N4O3S. The molecule has 7 nitrogen and oxygen atoms in total. The number of methoxy groups -OCH3 is 1. The van der Waals surface area contributed by atoms with Gasteiger partial charge in [-0.2, -0.15) is 0 Å². The fourth-order valence-corrected chi connectivity index (χ4v) is 5.01. The number of hydrogen-bond acceptors (Lipinski definition) is 5. The summed E-state index contributed by atoms with van der Waals surface area (Å²) < 4.78 is 6.97. The number of H-pyrrole nitrogens is 1. The molecule has 0 aliphatic carbocycles. The number of fused-ring (bicyclic) bond motifs is 1. The maximum atomic E-state index is 13.1. The molecule has 0 saturated carbocycles. The van der Waals surface area contributed by atoms with Gasteiger partial charge in [0, 0.05) is 32.4 Å². The van der Waals surface area contributed by atoms with Gasteiger partial charge in [0.25, 0.3) is 11.5 Å². The fraction of sp³-hybridized carbons (Fsp3) is 0.444. The Hall–Kier alpha value is -2.81. The average molecular weight is 495 g/mol. The highest BCUT2D eigenvalue weighted by molar-refractivity contribution is 7.71. The molecule has 2 N–H and O–H groups in total. The number of amides is 1. The summed E-state index contributed by atoms with van der Waals surface area (Å²) in [6.45, 7) is 5.91. The van der Waals surface area contributed by atoms with Crippen molar-refractivity contribution in [1.82, 2.24) is 19.8 Å². The zero-order valence-corrected chi connectivity index (χ0v) is 21.3. The smallest absolute Gasteiger partial charge is 0.262 e. The topological polar surface area (TPSA) is 79.4 Å². The molecule has 8 heteroatoms. The van der Waals surface area contributed by atoms with Crippen LogP contribution in [0.4, 0.5) is 0 Å². The molecule has 1 fully saturated rings. The van der Waals surface area contributed by atoms with E-state index in [9.17, 15) is 9.59 Å². The Morgan fingerprint density at radius 3 is 2.66 bits per heavy atom. The van der Waals surface area contributed by atoms with E-state index in [1.54, 1.807) is 29.9 Å². The van der Waals surface area contributed by atoms with Gasteiger partial charge in [-0.15, -0.1) is 0 Å². The number of aromatic nitrogens is 2. The second kappa shape index (κ2) is 11.7. The van der Waals surface area contributed by atoms with Gasteiger partial charge in [-0.1, -0.05) is 37.3 Å². The van der Waals surface area contributed by atoms with Crippen LogP contribution in [-0.4, -0.2) is 53.7 Å². The minimum atomic E-state index is -0.165. The number of rotatable bonds is 9. The van der Waals surface area contributed by atoms with E-state index >= 15 is 0 Å². The number of ether oxygens (including phenoxy) is 1. The van der Waals surface area contributed by atoms with Crippen molar-refractivity contribution in [3.8, 4) is 0 Å². The van der Waals surface area contributed by atoms with Crippen LogP contribution in [0.15, 0.2) is 53.3 Å². The van der Waals surface area contributed by atoms with E-state index in [1.807, 2.05) is 18.2 Å². The van der Waals surface area contributed by atoms with E-state index in [4.69, 9.17) is 17.0 Å². The minimum absolute atomic E-state index is 0.123. The summed E-state index contributed by atoms with van der Waals surface area (Å²) in [5.41, 5.74) is 2.12. The van der Waals surface area contributed by atoms with Gasteiger partial charge in [-0.05, 0) is 74.3 Å². The third-order valence-electron chi connectivity index (χ3n) is 6.87. The predicted molar refractivity (Wildman–Crippen MR) is 141 cm³/mol. The van der Waals surface area contributed by atoms with Gasteiger partial charge in [0.2, 0.25) is 0 Å². The summed E-state index contributed by atoms with van der Waals surface area (Å²) in [6.07, 6.45) is 3.03. The molecule has 1 amide bonds. The largest absolute Gasteiger partial charge is 0.385 e. The van der Waals surface area contributed by atoms with Crippen molar-refractivity contribution in [3.63, 3.8) is 0 Å². The molecule has 0 bridgehead atoms. The summed E-state index contributed by atoms with van der Waals surface area (Å²) in [4.78, 5) is 31.6. The Labute approximate surface area is 211 Å². The normalized spacial score (nSPS) is 15.8. The first-order valence-electron chi connectivity index (χ1n) is 12.3. The monoisotopic (exact) mass is 494 g/mol. The average Bonchev–Trinajstić information content (AvgIpc) is 2.87. The Bertz CT molecular complexity index is 1260. The molecular weight excluding hydrogens is 460 g/mol. The van der Waals surface area contributed by atoms with E-state index in [0.29, 0.717) is 47.4 Å². The summed E-state index contributed by atoms with van der Waals surface area (Å²) in [6, 6.07) is 15.6. The number of nitrogens with one attached hydrogen (secondary N) is 2. The molecule has 4 rings (SSSR count). The van der Waals surface area contributed by atoms with Crippen LogP contribution in [0.25, 0.3) is 10.9 Å². The van der Waals surface area contributed by atoms with Crippen LogP contribution >= 0.6 is 12.2 Å². The first-order chi connectivity index (χ1) is 17.0. The van der Waals surface area contributed by atoms with E-state index in [0.717, 1.165) is 19.0 Å². The summed E-state index contributed by atoms with van der Waals surface area (Å²) in [5, 5.41) is 3.64. The lowest BCUT2D eigenvalue weighted by Crippen LogP contribution is -2.42. The highest BCUT2D eigenvalue weighted by Gasteiger charge is 2.25. The van der Waals surface area contributed by atoms with Crippen molar-refractivity contribution in [1.29, 1.82) is 0 Å². The van der Waals surface area contributed by atoms with Gasteiger partial charge < -0.3 is 15.0 Å². The zero-order chi connectivity index (χ0) is 24.8. The minimum Gasteiger partial charge on any atom is -0.385 e. The van der Waals surface area contributed by atoms with E-state index in [-0.39, 0.29) is 17.5 Å². The molecule has 186 valence electrons. The Balaban J connectivity index is 1.51. The van der Waals surface area contributed by atoms with Gasteiger partial charge in [0.1, 0.15) is 0 Å². The molecule has 2 heterocycles. The summed E-state index contributed by atoms with van der Waals surface area (Å²) >= 11 is 5.41. The number of aromatic amines is 1. The maximum Gasteiger partial charge on any atom is 0.262 e. The van der Waals surface area contributed by atoms with Crippen LogP contribution in [0.2, 0.25) is 0 Å². The van der Waals surface area contributed by atoms with Crippen LogP contribution in [-0.2, 0) is 11.3 Å². The molecule has 1 aromatic heterocycles. The van der Waals surface area contributed by atoms with E-state index in [1.165, 1.54) is 18.4 Å². The quantitative estimate of drug-likeness (QED) is 0.343. The standard InChI is InChI=1S/C27H34N4O3S/c1-19-11-14-30(15-12-19)24(20-7-4-3-5-8-20)18-28-25(32)21-9-10-22-23(17-21)29-27(35)31(26(22)33)13-6-16-34-2/h3-5,7-10,17,19,24H,6,11-16,18H2,1-2H3,(H,28,32)(H,29,35). The van der Waals surface area contributed by atoms with Crippen LogP contribution in [0.3, 0.4) is 0 Å². The van der Waals surface area contributed by atoms with Crippen molar-refractivity contribution in [2.24, 2.45) is 5.92 Å². The second-order valence-corrected chi connectivity index (χ2v) is 9.74. The van der Waals surface area contributed by atoms with Crippen molar-refractivity contribution in [2.45, 2.75) is 38.8 Å². The Morgan fingerprint density at radius 1 is 1.20 bits per heavy atom. The summed E-state index contributed by atoms with van der Waals surface area (Å²) in [7, 11) is 1.63. The number of carbonyl (C=O) groups excluding carboxylic acids is 1. The van der Waals surface area contributed by atoms with Crippen molar-refractivity contribution in [2.75, 3.05) is 33.4 Å². The number of likely N-dealkylation sites (tertiary alicyclic amines) is 1. The van der Waals surface area contributed by atoms with Crippen LogP contribution in [0, 0.1) is 10.7 Å². The number of piperidine rings is 1. The molecule has 1 saturated heterocycles. The van der Waals surface area contributed by atoms with Crippen molar-refractivity contribution >= 4 is 29.0 Å². The van der Waals surface area contributed by atoms with Crippen molar-refractivity contribution < 1.29 is 9.53 Å². The molecule has 1 aliphatic heterocycles. The zero-order valence-electron chi connectivity index (χ0n) is 20.5. The third-order valence-corrected chi connectivity index (χ3v) is 7.20. The third kappa shape index (κ3) is 6.07. The molecule has 1 atom stereocenters. The first kappa shape index (κ1) is 25.3. The molecule has 0 radical (unpaired) electrons. The van der Waals surface area contributed by atoms with Gasteiger partial charge in [0.05, 0.1) is 16.9 Å². The van der Waals surface area contributed by atoms with E-state index < -0.39 is 0 Å². The number of hydrogen-bond donors (Lipinski definition) is 2. The van der Waals surface area contributed by atoms with Crippen LogP contribution in [0.1, 0.15) is 48.1 Å². The number of benzene rings is 2.